The molecule has 0 radical (unpaired) electrons. The van der Waals surface area contributed by atoms with Crippen LogP contribution in [0.1, 0.15) is 44.6 Å². The minimum Gasteiger partial charge on any atom is -0.465 e. The Morgan fingerprint density at radius 1 is 1.06 bits per heavy atom. The van der Waals surface area contributed by atoms with Gasteiger partial charge in [-0.25, -0.2) is 4.79 Å². The number of ketones is 1. The van der Waals surface area contributed by atoms with Crippen molar-refractivity contribution in [3.05, 3.63) is 28.1 Å². The summed E-state index contributed by atoms with van der Waals surface area (Å²) in [5.41, 5.74) is 2.77. The molecule has 0 amide bonds. The van der Waals surface area contributed by atoms with E-state index in [4.69, 9.17) is 0 Å². The monoisotopic (exact) mass is 221 g/mol. The molecule has 1 aromatic rings. The number of aromatic nitrogens is 1. The van der Waals surface area contributed by atoms with E-state index >= 15 is 0 Å². The molecule has 4 heteroatoms. The fraction of sp³-hybridized carbons (Fsp3) is 0.417. The Morgan fingerprint density at radius 3 is 2.00 bits per heavy atom. The number of methoxy groups -OCH3 is 1. The van der Waals surface area contributed by atoms with E-state index in [1.54, 1.807) is 20.8 Å². The van der Waals surface area contributed by atoms with Gasteiger partial charge in [0.1, 0.15) is 0 Å². The van der Waals surface area contributed by atoms with Gasteiger partial charge in [0.15, 0.2) is 5.78 Å². The topological polar surface area (TPSA) is 56.3 Å². The summed E-state index contributed by atoms with van der Waals surface area (Å²) in [5, 5.41) is 0. The molecule has 0 aliphatic heterocycles. The first-order valence-corrected chi connectivity index (χ1v) is 4.97. The molecule has 0 fully saturated rings. The van der Waals surface area contributed by atoms with Crippen LogP contribution in [0.25, 0.3) is 0 Å². The number of hydrogen-bond donors (Lipinski definition) is 0. The van der Waals surface area contributed by atoms with E-state index < -0.39 is 5.97 Å². The highest BCUT2D eigenvalue weighted by atomic mass is 16.5. The first-order valence-electron chi connectivity index (χ1n) is 4.97. The summed E-state index contributed by atoms with van der Waals surface area (Å²) in [6.07, 6.45) is 0. The first kappa shape index (κ1) is 12.4. The van der Waals surface area contributed by atoms with Crippen LogP contribution in [0.3, 0.4) is 0 Å². The van der Waals surface area contributed by atoms with Crippen LogP contribution in [0.5, 0.6) is 0 Å². The molecule has 0 atom stereocenters. The summed E-state index contributed by atoms with van der Waals surface area (Å²) >= 11 is 0. The van der Waals surface area contributed by atoms with Gasteiger partial charge in [0.25, 0.3) is 0 Å². The van der Waals surface area contributed by atoms with Crippen LogP contribution >= 0.6 is 0 Å². The average molecular weight is 221 g/mol. The highest BCUT2D eigenvalue weighted by molar-refractivity contribution is 6.01. The number of ether oxygens (including phenoxy) is 1. The molecule has 1 rings (SSSR count). The summed E-state index contributed by atoms with van der Waals surface area (Å²) in [6, 6.07) is 0. The van der Waals surface area contributed by atoms with Gasteiger partial charge in [0, 0.05) is 11.3 Å². The zero-order chi connectivity index (χ0) is 12.5. The Bertz CT molecular complexity index is 464. The largest absolute Gasteiger partial charge is 0.465 e. The van der Waals surface area contributed by atoms with Crippen molar-refractivity contribution < 1.29 is 14.3 Å². The number of rotatable bonds is 2. The Morgan fingerprint density at radius 2 is 1.56 bits per heavy atom. The van der Waals surface area contributed by atoms with E-state index in [0.717, 1.165) is 0 Å². The van der Waals surface area contributed by atoms with Crippen LogP contribution in [-0.4, -0.2) is 23.8 Å². The van der Waals surface area contributed by atoms with Crippen LogP contribution in [0.4, 0.5) is 0 Å². The number of carbonyl (C=O) groups excluding carboxylic acids is 2. The summed E-state index contributed by atoms with van der Waals surface area (Å²) in [5.74, 6) is -0.544. The molecule has 86 valence electrons. The third-order valence-corrected chi connectivity index (χ3v) is 2.55. The number of hydrogen-bond acceptors (Lipinski definition) is 4. The lowest BCUT2D eigenvalue weighted by Gasteiger charge is -2.12. The second-order valence-electron chi connectivity index (χ2n) is 3.71. The number of carbonyl (C=O) groups is 2. The molecule has 16 heavy (non-hydrogen) atoms. The van der Waals surface area contributed by atoms with Crippen molar-refractivity contribution >= 4 is 11.8 Å². The van der Waals surface area contributed by atoms with Crippen molar-refractivity contribution in [1.82, 2.24) is 4.98 Å². The third kappa shape index (κ3) is 1.96. The molecule has 0 aliphatic carbocycles. The van der Waals surface area contributed by atoms with Crippen LogP contribution in [0.2, 0.25) is 0 Å². The number of aryl methyl sites for hydroxylation is 2. The molecule has 0 unspecified atom stereocenters. The average Bonchev–Trinajstić information content (AvgIpc) is 2.15. The fourth-order valence-electron chi connectivity index (χ4n) is 1.95. The number of pyridine rings is 1. The minimum atomic E-state index is -0.454. The molecule has 0 bridgehead atoms. The Labute approximate surface area is 94.6 Å². The number of Topliss-reactive ketones (excluding diaryl/α,β-unsaturated/α-hetero) is 1. The molecular weight excluding hydrogens is 206 g/mol. The number of nitrogens with zero attached hydrogens (tertiary/aromatic N) is 1. The standard InChI is InChI=1S/C12H15NO3/c1-6-10(9(4)14)7(2)13-8(3)11(6)12(15)16-5/h1-5H3. The normalized spacial score (nSPS) is 10.1. The summed E-state index contributed by atoms with van der Waals surface area (Å²) in [6.45, 7) is 6.70. The predicted octanol–water partition coefficient (Wildman–Crippen LogP) is 2.00. The number of esters is 1. The van der Waals surface area contributed by atoms with Gasteiger partial charge < -0.3 is 4.74 Å². The first-order chi connectivity index (χ1) is 7.40. The second kappa shape index (κ2) is 4.43. The van der Waals surface area contributed by atoms with Gasteiger partial charge in [-0.3, -0.25) is 9.78 Å². The van der Waals surface area contributed by atoms with E-state index in [9.17, 15) is 9.59 Å². The highest BCUT2D eigenvalue weighted by Gasteiger charge is 2.20. The van der Waals surface area contributed by atoms with E-state index in [2.05, 4.69) is 9.72 Å². The lowest BCUT2D eigenvalue weighted by atomic mass is 9.97. The van der Waals surface area contributed by atoms with Gasteiger partial charge in [0.2, 0.25) is 0 Å². The van der Waals surface area contributed by atoms with Crippen molar-refractivity contribution in [2.45, 2.75) is 27.7 Å². The van der Waals surface area contributed by atoms with Gasteiger partial charge in [0.05, 0.1) is 18.4 Å². The zero-order valence-electron chi connectivity index (χ0n) is 10.2. The van der Waals surface area contributed by atoms with E-state index in [-0.39, 0.29) is 5.78 Å². The smallest absolute Gasteiger partial charge is 0.339 e. The van der Waals surface area contributed by atoms with Crippen molar-refractivity contribution in [3.8, 4) is 0 Å². The van der Waals surface area contributed by atoms with Gasteiger partial charge in [-0.2, -0.15) is 0 Å². The Hall–Kier alpha value is -1.71. The highest BCUT2D eigenvalue weighted by Crippen LogP contribution is 2.20. The fourth-order valence-corrected chi connectivity index (χ4v) is 1.95. The van der Waals surface area contributed by atoms with E-state index in [1.165, 1.54) is 14.0 Å². The van der Waals surface area contributed by atoms with Crippen molar-refractivity contribution in [1.29, 1.82) is 0 Å². The minimum absolute atomic E-state index is 0.0901. The molecule has 0 saturated carbocycles. The molecule has 4 nitrogen and oxygen atoms in total. The summed E-state index contributed by atoms with van der Waals surface area (Å²) in [7, 11) is 1.31. The van der Waals surface area contributed by atoms with Gasteiger partial charge >= 0.3 is 5.97 Å². The van der Waals surface area contributed by atoms with E-state index in [0.29, 0.717) is 28.1 Å². The summed E-state index contributed by atoms with van der Waals surface area (Å²) in [4.78, 5) is 27.2. The van der Waals surface area contributed by atoms with Crippen molar-refractivity contribution in [2.75, 3.05) is 7.11 Å². The Kier molecular flexibility index (Phi) is 3.42. The summed E-state index contributed by atoms with van der Waals surface area (Å²) < 4.78 is 4.68. The maximum atomic E-state index is 11.6. The molecule has 1 aromatic heterocycles. The zero-order valence-corrected chi connectivity index (χ0v) is 10.2. The van der Waals surface area contributed by atoms with Crippen LogP contribution in [0, 0.1) is 20.8 Å². The van der Waals surface area contributed by atoms with Crippen molar-refractivity contribution in [3.63, 3.8) is 0 Å². The van der Waals surface area contributed by atoms with Gasteiger partial charge in [-0.1, -0.05) is 0 Å². The van der Waals surface area contributed by atoms with Crippen LogP contribution < -0.4 is 0 Å². The molecular formula is C12H15NO3. The lowest BCUT2D eigenvalue weighted by molar-refractivity contribution is 0.0598. The van der Waals surface area contributed by atoms with Crippen LogP contribution in [-0.2, 0) is 4.74 Å². The van der Waals surface area contributed by atoms with Gasteiger partial charge in [-0.15, -0.1) is 0 Å². The van der Waals surface area contributed by atoms with Crippen molar-refractivity contribution in [2.24, 2.45) is 0 Å². The quantitative estimate of drug-likeness (QED) is 0.566. The van der Waals surface area contributed by atoms with E-state index in [1.807, 2.05) is 0 Å². The molecule has 0 aromatic carbocycles. The Balaban J connectivity index is 3.57. The molecule has 0 spiro atoms. The maximum Gasteiger partial charge on any atom is 0.339 e. The lowest BCUT2D eigenvalue weighted by Crippen LogP contribution is -2.14. The molecule has 0 saturated heterocycles. The van der Waals surface area contributed by atoms with Gasteiger partial charge in [-0.05, 0) is 33.3 Å². The molecule has 1 heterocycles. The predicted molar refractivity (Wildman–Crippen MR) is 59.8 cm³/mol. The maximum absolute atomic E-state index is 11.6. The molecule has 0 N–H and O–H groups in total. The SMILES string of the molecule is COC(=O)c1c(C)nc(C)c(C(C)=O)c1C. The third-order valence-electron chi connectivity index (χ3n) is 2.55. The second-order valence-corrected chi connectivity index (χ2v) is 3.71. The molecule has 0 aliphatic rings. The van der Waals surface area contributed by atoms with Crippen LogP contribution in [0.15, 0.2) is 0 Å².